The van der Waals surface area contributed by atoms with E-state index in [0.717, 1.165) is 12.1 Å². The number of nitrogens with zero attached hydrogens (tertiary/aromatic N) is 4. The van der Waals surface area contributed by atoms with Gasteiger partial charge < -0.3 is 0 Å². The summed E-state index contributed by atoms with van der Waals surface area (Å²) in [6, 6.07) is 6.24. The molecule has 4 nitrogen and oxygen atoms in total. The molecule has 0 fully saturated rings. The van der Waals surface area contributed by atoms with Gasteiger partial charge in [-0.2, -0.15) is 0 Å². The maximum atomic E-state index is 4.56. The Balaban J connectivity index is 1.97. The van der Waals surface area contributed by atoms with Crippen LogP contribution in [0.1, 0.15) is 5.56 Å². The molecule has 0 N–H and O–H groups in total. The van der Waals surface area contributed by atoms with Crippen LogP contribution in [-0.2, 0) is 13.6 Å². The van der Waals surface area contributed by atoms with Crippen LogP contribution in [0.2, 0.25) is 0 Å². The second kappa shape index (κ2) is 3.43. The maximum absolute atomic E-state index is 4.56. The molecule has 0 spiro atoms. The molecule has 4 aromatic heterocycles. The quantitative estimate of drug-likeness (QED) is 0.408. The summed E-state index contributed by atoms with van der Waals surface area (Å²) < 4.78 is 5.91. The van der Waals surface area contributed by atoms with Crippen LogP contribution in [-0.4, -0.2) is 14.5 Å². The molecule has 96 valence electrons. The van der Waals surface area contributed by atoms with Crippen molar-refractivity contribution < 1.29 is 4.57 Å². The predicted octanol–water partition coefficient (Wildman–Crippen LogP) is 2.50. The fraction of sp³-hybridized carbons (Fsp3) is 0.133. The zero-order chi connectivity index (χ0) is 13.3. The van der Waals surface area contributed by atoms with Gasteiger partial charge >= 0.3 is 5.65 Å². The lowest BCUT2D eigenvalue weighted by molar-refractivity contribution is -0.644. The average molecular weight is 279 g/mol. The number of fused-ring (bicyclic) bond motifs is 7. The van der Waals surface area contributed by atoms with Crippen molar-refractivity contribution in [3.63, 3.8) is 0 Å². The van der Waals surface area contributed by atoms with Crippen molar-refractivity contribution in [1.82, 2.24) is 14.5 Å². The molecular formula is C15H11N4S+. The molecule has 5 heteroatoms. The van der Waals surface area contributed by atoms with Gasteiger partial charge in [-0.15, -0.1) is 0 Å². The van der Waals surface area contributed by atoms with Crippen molar-refractivity contribution in [2.24, 2.45) is 7.05 Å². The molecule has 0 bridgehead atoms. The van der Waals surface area contributed by atoms with E-state index >= 15 is 0 Å². The van der Waals surface area contributed by atoms with E-state index in [0.29, 0.717) is 0 Å². The molecule has 20 heavy (non-hydrogen) atoms. The van der Waals surface area contributed by atoms with Gasteiger partial charge in [-0.1, -0.05) is 11.3 Å². The molecule has 0 atom stereocenters. The Morgan fingerprint density at radius 2 is 2.25 bits per heavy atom. The van der Waals surface area contributed by atoms with Gasteiger partial charge in [0.25, 0.3) is 0 Å². The number of aromatic nitrogens is 4. The highest BCUT2D eigenvalue weighted by molar-refractivity contribution is 7.22. The Morgan fingerprint density at radius 1 is 1.30 bits per heavy atom. The highest BCUT2D eigenvalue weighted by Crippen LogP contribution is 2.38. The van der Waals surface area contributed by atoms with E-state index in [1.807, 2.05) is 36.0 Å². The Morgan fingerprint density at radius 3 is 3.20 bits per heavy atom. The molecule has 1 aliphatic rings. The van der Waals surface area contributed by atoms with E-state index < -0.39 is 0 Å². The molecule has 5 rings (SSSR count). The van der Waals surface area contributed by atoms with E-state index in [4.69, 9.17) is 0 Å². The molecule has 0 aromatic carbocycles. The molecule has 0 saturated heterocycles. The van der Waals surface area contributed by atoms with Gasteiger partial charge in [-0.05, 0) is 18.2 Å². The van der Waals surface area contributed by atoms with Gasteiger partial charge in [0.1, 0.15) is 12.1 Å². The van der Waals surface area contributed by atoms with E-state index in [-0.39, 0.29) is 0 Å². The third-order valence-corrected chi connectivity index (χ3v) is 5.26. The van der Waals surface area contributed by atoms with Gasteiger partial charge in [0.2, 0.25) is 0 Å². The molecule has 0 radical (unpaired) electrons. The second-order valence-corrected chi connectivity index (χ2v) is 6.11. The Hall–Kier alpha value is -2.27. The number of hydrogen-bond acceptors (Lipinski definition) is 3. The monoisotopic (exact) mass is 279 g/mol. The number of aryl methyl sites for hydroxylation is 1. The van der Waals surface area contributed by atoms with Crippen LogP contribution in [0.5, 0.6) is 0 Å². The molecule has 0 amide bonds. The summed E-state index contributed by atoms with van der Waals surface area (Å²) >= 11 is 1.83. The normalized spacial score (nSPS) is 13.1. The minimum absolute atomic E-state index is 0.905. The lowest BCUT2D eigenvalue weighted by atomic mass is 10.2. The van der Waals surface area contributed by atoms with E-state index in [2.05, 4.69) is 38.3 Å². The van der Waals surface area contributed by atoms with Crippen molar-refractivity contribution in [2.75, 3.05) is 0 Å². The first-order valence-electron chi connectivity index (χ1n) is 6.53. The van der Waals surface area contributed by atoms with Crippen LogP contribution in [0.4, 0.5) is 0 Å². The third-order valence-electron chi connectivity index (χ3n) is 4.05. The first-order chi connectivity index (χ1) is 9.84. The summed E-state index contributed by atoms with van der Waals surface area (Å²) in [5, 5.41) is 1.32. The average Bonchev–Trinajstić information content (AvgIpc) is 3.09. The van der Waals surface area contributed by atoms with Gasteiger partial charge in [-0.25, -0.2) is 9.13 Å². The van der Waals surface area contributed by atoms with E-state index in [1.165, 1.54) is 32.0 Å². The summed E-state index contributed by atoms with van der Waals surface area (Å²) in [7, 11) is 2.12. The van der Waals surface area contributed by atoms with Crippen LogP contribution >= 0.6 is 11.3 Å². The molecule has 5 heterocycles. The Bertz CT molecular complexity index is 996. The summed E-state index contributed by atoms with van der Waals surface area (Å²) in [6.07, 6.45) is 5.71. The van der Waals surface area contributed by atoms with Gasteiger partial charge in [0, 0.05) is 29.7 Å². The van der Waals surface area contributed by atoms with Gasteiger partial charge in [0.15, 0.2) is 15.2 Å². The first kappa shape index (κ1) is 10.5. The second-order valence-electron chi connectivity index (χ2n) is 5.11. The molecular weight excluding hydrogens is 268 g/mol. The Labute approximate surface area is 119 Å². The zero-order valence-corrected chi connectivity index (χ0v) is 11.7. The summed E-state index contributed by atoms with van der Waals surface area (Å²) in [5.41, 5.74) is 6.17. The third kappa shape index (κ3) is 1.10. The van der Waals surface area contributed by atoms with Gasteiger partial charge in [-0.3, -0.25) is 9.97 Å². The lowest BCUT2D eigenvalue weighted by Gasteiger charge is -1.92. The maximum Gasteiger partial charge on any atom is 0.303 e. The Kier molecular flexibility index (Phi) is 1.80. The molecule has 0 aliphatic carbocycles. The fourth-order valence-corrected chi connectivity index (χ4v) is 4.50. The fourth-order valence-electron chi connectivity index (χ4n) is 3.14. The SMILES string of the molecule is Cn1c2cccnc2c2sc3[n+](c21)Cc1cnccc1-3. The van der Waals surface area contributed by atoms with Crippen molar-refractivity contribution >= 4 is 32.7 Å². The van der Waals surface area contributed by atoms with E-state index in [1.54, 1.807) is 0 Å². The van der Waals surface area contributed by atoms with Crippen LogP contribution in [0.15, 0.2) is 36.8 Å². The standard InChI is InChI=1S/C15H11N4S/c1-18-11-3-2-5-17-12(11)13-14(18)19-8-9-7-16-6-4-10(9)15(19)20-13/h2-7H,8H2,1H3/q+1. The molecule has 0 unspecified atom stereocenters. The summed E-state index contributed by atoms with van der Waals surface area (Å²) in [6.45, 7) is 0.905. The first-order valence-corrected chi connectivity index (χ1v) is 7.35. The zero-order valence-electron chi connectivity index (χ0n) is 10.9. The summed E-state index contributed by atoms with van der Waals surface area (Å²) in [4.78, 5) is 8.80. The minimum Gasteiger partial charge on any atom is -0.264 e. The van der Waals surface area contributed by atoms with Crippen molar-refractivity contribution in [3.05, 3.63) is 42.4 Å². The van der Waals surface area contributed by atoms with Crippen LogP contribution in [0, 0.1) is 0 Å². The highest BCUT2D eigenvalue weighted by Gasteiger charge is 2.32. The molecule has 0 saturated carbocycles. The molecule has 4 aromatic rings. The van der Waals surface area contributed by atoms with Crippen LogP contribution in [0.25, 0.3) is 32.0 Å². The minimum atomic E-state index is 0.905. The van der Waals surface area contributed by atoms with Crippen molar-refractivity contribution in [1.29, 1.82) is 0 Å². The number of thiazole rings is 1. The van der Waals surface area contributed by atoms with Crippen LogP contribution in [0.3, 0.4) is 0 Å². The van der Waals surface area contributed by atoms with Gasteiger partial charge in [0.05, 0.1) is 7.05 Å². The molecule has 1 aliphatic heterocycles. The highest BCUT2D eigenvalue weighted by atomic mass is 32.1. The largest absolute Gasteiger partial charge is 0.303 e. The van der Waals surface area contributed by atoms with E-state index in [9.17, 15) is 0 Å². The summed E-state index contributed by atoms with van der Waals surface area (Å²) in [5.74, 6) is 0. The van der Waals surface area contributed by atoms with Crippen LogP contribution < -0.4 is 4.57 Å². The van der Waals surface area contributed by atoms with Crippen molar-refractivity contribution in [3.8, 4) is 10.6 Å². The number of rotatable bonds is 0. The smallest absolute Gasteiger partial charge is 0.264 e. The topological polar surface area (TPSA) is 34.6 Å². The predicted molar refractivity (Wildman–Crippen MR) is 78.6 cm³/mol. The number of hydrogen-bond donors (Lipinski definition) is 0. The number of pyridine rings is 2. The lowest BCUT2D eigenvalue weighted by Crippen LogP contribution is -2.32. The van der Waals surface area contributed by atoms with Crippen molar-refractivity contribution in [2.45, 2.75) is 6.54 Å².